The quantitative estimate of drug-likeness (QED) is 0.649. The van der Waals surface area contributed by atoms with E-state index in [1.54, 1.807) is 13.8 Å². The Hall–Kier alpha value is -2.94. The monoisotopic (exact) mass is 441 g/mol. The zero-order valence-electron chi connectivity index (χ0n) is 18.1. The maximum absolute atomic E-state index is 12.3. The van der Waals surface area contributed by atoms with Gasteiger partial charge in [0.15, 0.2) is 11.8 Å². The zero-order chi connectivity index (χ0) is 22.7. The van der Waals surface area contributed by atoms with Gasteiger partial charge in [0.05, 0.1) is 19.8 Å². The number of hydrogen-bond donors (Lipinski definition) is 2. The summed E-state index contributed by atoms with van der Waals surface area (Å²) in [6.07, 6.45) is -1.08. The molecule has 8 nitrogen and oxygen atoms in total. The SMILES string of the molecule is CC1(C)OCC(COC[C@H](NC(=O)OCC2c3ccccc3-c3ccccc32)C(=O)O)O1. The molecule has 0 radical (unpaired) electrons. The number of nitrogens with one attached hydrogen (secondary N) is 1. The number of ether oxygens (including phenoxy) is 4. The average molecular weight is 441 g/mol. The van der Waals surface area contributed by atoms with Crippen LogP contribution in [0.1, 0.15) is 30.9 Å². The maximum atomic E-state index is 12.3. The van der Waals surface area contributed by atoms with E-state index in [0.717, 1.165) is 22.3 Å². The van der Waals surface area contributed by atoms with Crippen LogP contribution >= 0.6 is 0 Å². The van der Waals surface area contributed by atoms with Crippen molar-refractivity contribution in [3.63, 3.8) is 0 Å². The lowest BCUT2D eigenvalue weighted by atomic mass is 9.98. The van der Waals surface area contributed by atoms with Crippen molar-refractivity contribution in [2.45, 2.75) is 37.7 Å². The number of aliphatic carboxylic acids is 1. The van der Waals surface area contributed by atoms with E-state index < -0.39 is 23.9 Å². The van der Waals surface area contributed by atoms with Crippen LogP contribution in [0.5, 0.6) is 0 Å². The molecule has 1 amide bonds. The van der Waals surface area contributed by atoms with Crippen molar-refractivity contribution in [1.82, 2.24) is 5.32 Å². The van der Waals surface area contributed by atoms with E-state index in [0.29, 0.717) is 6.61 Å². The van der Waals surface area contributed by atoms with Crippen molar-refractivity contribution in [2.75, 3.05) is 26.4 Å². The molecule has 1 unspecified atom stereocenters. The normalized spacial score (nSPS) is 19.8. The fourth-order valence-electron chi connectivity index (χ4n) is 4.12. The number of benzene rings is 2. The van der Waals surface area contributed by atoms with E-state index in [9.17, 15) is 14.7 Å². The minimum Gasteiger partial charge on any atom is -0.480 e. The highest BCUT2D eigenvalue weighted by atomic mass is 16.7. The van der Waals surface area contributed by atoms with Gasteiger partial charge in [-0.25, -0.2) is 9.59 Å². The number of carboxylic acid groups (broad SMARTS) is 1. The lowest BCUT2D eigenvalue weighted by Crippen LogP contribution is -2.45. The lowest BCUT2D eigenvalue weighted by molar-refractivity contribution is -0.148. The molecule has 1 aliphatic carbocycles. The number of carbonyl (C=O) groups excluding carboxylic acids is 1. The zero-order valence-corrected chi connectivity index (χ0v) is 18.1. The van der Waals surface area contributed by atoms with Gasteiger partial charge in [-0.3, -0.25) is 0 Å². The van der Waals surface area contributed by atoms with Crippen LogP contribution in [0.3, 0.4) is 0 Å². The fourth-order valence-corrected chi connectivity index (χ4v) is 4.12. The maximum Gasteiger partial charge on any atom is 0.407 e. The number of carboxylic acids is 1. The van der Waals surface area contributed by atoms with Crippen LogP contribution in [0.15, 0.2) is 48.5 Å². The molecule has 0 aromatic heterocycles. The van der Waals surface area contributed by atoms with Crippen molar-refractivity contribution in [3.05, 3.63) is 59.7 Å². The smallest absolute Gasteiger partial charge is 0.407 e. The number of carbonyl (C=O) groups is 2. The second-order valence-electron chi connectivity index (χ2n) is 8.35. The molecular weight excluding hydrogens is 414 g/mol. The van der Waals surface area contributed by atoms with Gasteiger partial charge in [-0.05, 0) is 36.1 Å². The van der Waals surface area contributed by atoms with Crippen LogP contribution in [-0.4, -0.2) is 61.5 Å². The molecule has 1 aliphatic heterocycles. The van der Waals surface area contributed by atoms with E-state index in [4.69, 9.17) is 18.9 Å². The number of alkyl carbamates (subject to hydrolysis) is 1. The number of rotatable bonds is 8. The summed E-state index contributed by atoms with van der Waals surface area (Å²) < 4.78 is 21.9. The Bertz CT molecular complexity index is 944. The van der Waals surface area contributed by atoms with Crippen LogP contribution < -0.4 is 5.32 Å². The summed E-state index contributed by atoms with van der Waals surface area (Å²) in [4.78, 5) is 23.9. The highest BCUT2D eigenvalue weighted by molar-refractivity contribution is 5.81. The minimum atomic E-state index is -1.24. The third-order valence-electron chi connectivity index (χ3n) is 5.59. The van der Waals surface area contributed by atoms with E-state index in [1.165, 1.54) is 0 Å². The molecule has 32 heavy (non-hydrogen) atoms. The first-order valence-corrected chi connectivity index (χ1v) is 10.6. The molecule has 0 saturated carbocycles. The Kier molecular flexibility index (Phi) is 6.45. The molecule has 2 atom stereocenters. The molecule has 1 heterocycles. The molecule has 1 fully saturated rings. The summed E-state index contributed by atoms with van der Waals surface area (Å²) in [6, 6.07) is 14.8. The van der Waals surface area contributed by atoms with Crippen molar-refractivity contribution >= 4 is 12.1 Å². The minimum absolute atomic E-state index is 0.101. The van der Waals surface area contributed by atoms with Gasteiger partial charge in [-0.2, -0.15) is 0 Å². The van der Waals surface area contributed by atoms with E-state index in [-0.39, 0.29) is 31.8 Å². The van der Waals surface area contributed by atoms with Crippen LogP contribution in [0.4, 0.5) is 4.79 Å². The molecule has 2 aromatic rings. The summed E-state index contributed by atoms with van der Waals surface area (Å²) in [5.74, 6) is -1.99. The highest BCUT2D eigenvalue weighted by Gasteiger charge is 2.33. The predicted molar refractivity (Wildman–Crippen MR) is 115 cm³/mol. The highest BCUT2D eigenvalue weighted by Crippen LogP contribution is 2.44. The van der Waals surface area contributed by atoms with E-state index in [2.05, 4.69) is 5.32 Å². The average Bonchev–Trinajstić information content (AvgIpc) is 3.28. The summed E-state index contributed by atoms with van der Waals surface area (Å²) in [7, 11) is 0. The molecule has 0 spiro atoms. The van der Waals surface area contributed by atoms with Gasteiger partial charge in [-0.15, -0.1) is 0 Å². The third kappa shape index (κ3) is 4.93. The summed E-state index contributed by atoms with van der Waals surface area (Å²) >= 11 is 0. The summed E-state index contributed by atoms with van der Waals surface area (Å²) in [6.45, 7) is 4.02. The van der Waals surface area contributed by atoms with E-state index in [1.807, 2.05) is 48.5 Å². The van der Waals surface area contributed by atoms with E-state index >= 15 is 0 Å². The number of amides is 1. The molecule has 2 aromatic carbocycles. The van der Waals surface area contributed by atoms with Gasteiger partial charge in [0.25, 0.3) is 0 Å². The van der Waals surface area contributed by atoms with Crippen LogP contribution in [0.2, 0.25) is 0 Å². The van der Waals surface area contributed by atoms with Gasteiger partial charge in [0, 0.05) is 5.92 Å². The summed E-state index contributed by atoms with van der Waals surface area (Å²) in [5, 5.41) is 11.8. The lowest BCUT2D eigenvalue weighted by Gasteiger charge is -2.19. The molecular formula is C24H27NO7. The fraction of sp³-hybridized carbons (Fsp3) is 0.417. The van der Waals surface area contributed by atoms with Gasteiger partial charge in [-0.1, -0.05) is 48.5 Å². The van der Waals surface area contributed by atoms with Crippen molar-refractivity contribution in [2.24, 2.45) is 0 Å². The third-order valence-corrected chi connectivity index (χ3v) is 5.59. The first kappa shape index (κ1) is 22.3. The molecule has 2 N–H and O–H groups in total. The van der Waals surface area contributed by atoms with Gasteiger partial charge in [0.1, 0.15) is 12.7 Å². The molecule has 2 aliphatic rings. The first-order chi connectivity index (χ1) is 15.3. The molecule has 4 rings (SSSR count). The number of fused-ring (bicyclic) bond motifs is 3. The Morgan fingerprint density at radius 3 is 2.28 bits per heavy atom. The van der Waals surface area contributed by atoms with Gasteiger partial charge in [0.2, 0.25) is 0 Å². The Balaban J connectivity index is 1.30. The second kappa shape index (κ2) is 9.28. The number of hydrogen-bond acceptors (Lipinski definition) is 6. The van der Waals surface area contributed by atoms with Crippen LogP contribution in [0.25, 0.3) is 11.1 Å². The Morgan fingerprint density at radius 1 is 1.09 bits per heavy atom. The Morgan fingerprint density at radius 2 is 1.72 bits per heavy atom. The molecule has 1 saturated heterocycles. The first-order valence-electron chi connectivity index (χ1n) is 10.6. The standard InChI is InChI=1S/C24H27NO7/c1-24(2)31-12-15(32-24)11-29-14-21(22(26)27)25-23(28)30-13-20-18-9-5-3-7-16(18)17-8-4-6-10-19(17)20/h3-10,15,20-21H,11-14H2,1-2H3,(H,25,28)(H,26,27)/t15?,21-/m0/s1. The van der Waals surface area contributed by atoms with Gasteiger partial charge < -0.3 is 29.4 Å². The van der Waals surface area contributed by atoms with Crippen molar-refractivity contribution in [3.8, 4) is 11.1 Å². The molecule has 8 heteroatoms. The largest absolute Gasteiger partial charge is 0.480 e. The molecule has 0 bridgehead atoms. The summed E-state index contributed by atoms with van der Waals surface area (Å²) in [5.41, 5.74) is 4.41. The van der Waals surface area contributed by atoms with Crippen molar-refractivity contribution in [1.29, 1.82) is 0 Å². The topological polar surface area (TPSA) is 103 Å². The second-order valence-corrected chi connectivity index (χ2v) is 8.35. The van der Waals surface area contributed by atoms with Crippen LogP contribution in [-0.2, 0) is 23.7 Å². The molecule has 170 valence electrons. The Labute approximate surface area is 186 Å². The van der Waals surface area contributed by atoms with Crippen LogP contribution in [0, 0.1) is 0 Å². The van der Waals surface area contributed by atoms with Crippen molar-refractivity contribution < 1.29 is 33.6 Å². The predicted octanol–water partition coefficient (Wildman–Crippen LogP) is 3.15. The van der Waals surface area contributed by atoms with Gasteiger partial charge >= 0.3 is 12.1 Å².